The number of aromatic amines is 1. The van der Waals surface area contributed by atoms with Crippen molar-refractivity contribution in [3.05, 3.63) is 96.2 Å². The number of phenols is 1. The monoisotopic (exact) mass is 481 g/mol. The number of carboxylic acid groups (broad SMARTS) is 1. The molecule has 6 rings (SSSR count). The van der Waals surface area contributed by atoms with Gasteiger partial charge in [0.2, 0.25) is 11.8 Å². The topological polar surface area (TPSA) is 123 Å². The molecule has 4 N–H and O–H groups in total. The van der Waals surface area contributed by atoms with Crippen LogP contribution in [-0.2, 0) is 20.8 Å². The molecule has 0 aliphatic carbocycles. The molecule has 2 saturated heterocycles. The van der Waals surface area contributed by atoms with Crippen LogP contribution >= 0.6 is 0 Å². The van der Waals surface area contributed by atoms with Gasteiger partial charge < -0.3 is 15.2 Å². The number of carbonyl (C=O) groups excluding carboxylic acids is 2. The number of aromatic nitrogens is 1. The van der Waals surface area contributed by atoms with Crippen LogP contribution in [0, 0.1) is 11.8 Å². The van der Waals surface area contributed by atoms with Crippen molar-refractivity contribution in [1.82, 2.24) is 10.3 Å². The molecule has 36 heavy (non-hydrogen) atoms. The molecule has 2 amide bonds. The summed E-state index contributed by atoms with van der Waals surface area (Å²) in [4.78, 5) is 45.0. The Kier molecular flexibility index (Phi) is 4.94. The van der Waals surface area contributed by atoms with Gasteiger partial charge in [-0.05, 0) is 29.8 Å². The third-order valence-corrected chi connectivity index (χ3v) is 7.47. The fraction of sp³-hybridized carbons (Fsp3) is 0.179. The van der Waals surface area contributed by atoms with Crippen LogP contribution in [0.3, 0.4) is 0 Å². The summed E-state index contributed by atoms with van der Waals surface area (Å²) in [6, 6.07) is 21.7. The van der Waals surface area contributed by atoms with Crippen molar-refractivity contribution in [1.29, 1.82) is 0 Å². The number of para-hydroxylation sites is 3. The van der Waals surface area contributed by atoms with Crippen LogP contribution in [-0.4, -0.2) is 38.5 Å². The molecular formula is C28H23N3O5. The van der Waals surface area contributed by atoms with Crippen molar-refractivity contribution in [2.75, 3.05) is 4.90 Å². The van der Waals surface area contributed by atoms with E-state index in [2.05, 4.69) is 10.3 Å². The average molecular weight is 482 g/mol. The summed E-state index contributed by atoms with van der Waals surface area (Å²) >= 11 is 0. The lowest BCUT2D eigenvalue weighted by Crippen LogP contribution is -2.57. The molecule has 3 heterocycles. The standard InChI is InChI=1S/C28H23N3O5/c32-21-13-7-5-11-19(21)24-22-23(26(34)31(25(22)33)17-8-2-1-3-9-17)28(30-24,27(35)36)14-16-15-29-20-12-6-4-10-18(16)20/h1-13,15,22-24,29-30,32H,14H2,(H,35,36)/t22-,23-,24-,28+/m0/s1. The Morgan fingerprint density at radius 2 is 1.61 bits per heavy atom. The van der Waals surface area contributed by atoms with Gasteiger partial charge in [0.15, 0.2) is 0 Å². The van der Waals surface area contributed by atoms with Gasteiger partial charge in [0.05, 0.1) is 17.5 Å². The van der Waals surface area contributed by atoms with Gasteiger partial charge >= 0.3 is 5.97 Å². The number of phenolic OH excluding ortho intramolecular Hbond substituents is 1. The highest BCUT2D eigenvalue weighted by molar-refractivity contribution is 6.24. The van der Waals surface area contributed by atoms with E-state index in [1.54, 1.807) is 54.7 Å². The molecule has 2 fully saturated rings. The number of nitrogens with one attached hydrogen (secondary N) is 2. The minimum atomic E-state index is -1.78. The fourth-order valence-corrected chi connectivity index (χ4v) is 5.87. The van der Waals surface area contributed by atoms with Crippen molar-refractivity contribution in [3.8, 4) is 5.75 Å². The number of carboxylic acids is 1. The third-order valence-electron chi connectivity index (χ3n) is 7.47. The third kappa shape index (κ3) is 3.08. The maximum atomic E-state index is 13.9. The summed E-state index contributed by atoms with van der Waals surface area (Å²) in [6.45, 7) is 0. The summed E-state index contributed by atoms with van der Waals surface area (Å²) in [5.74, 6) is -4.53. The minimum Gasteiger partial charge on any atom is -0.508 e. The highest BCUT2D eigenvalue weighted by Gasteiger charge is 2.69. The number of carbonyl (C=O) groups is 3. The van der Waals surface area contributed by atoms with Gasteiger partial charge in [-0.15, -0.1) is 0 Å². The number of hydrogen-bond acceptors (Lipinski definition) is 5. The summed E-state index contributed by atoms with van der Waals surface area (Å²) in [7, 11) is 0. The van der Waals surface area contributed by atoms with Crippen LogP contribution in [0.2, 0.25) is 0 Å². The van der Waals surface area contributed by atoms with Crippen LogP contribution in [0.25, 0.3) is 10.9 Å². The van der Waals surface area contributed by atoms with E-state index in [1.807, 2.05) is 24.3 Å². The fourth-order valence-electron chi connectivity index (χ4n) is 5.87. The number of hydrogen-bond donors (Lipinski definition) is 4. The maximum absolute atomic E-state index is 13.9. The zero-order valence-electron chi connectivity index (χ0n) is 19.1. The van der Waals surface area contributed by atoms with Gasteiger partial charge in [-0.3, -0.25) is 19.7 Å². The molecule has 180 valence electrons. The molecule has 0 unspecified atom stereocenters. The maximum Gasteiger partial charge on any atom is 0.325 e. The van der Waals surface area contributed by atoms with Crippen LogP contribution in [0.4, 0.5) is 5.69 Å². The number of nitrogens with zero attached hydrogens (tertiary/aromatic N) is 1. The van der Waals surface area contributed by atoms with Gasteiger partial charge in [0.1, 0.15) is 11.3 Å². The Hall–Kier alpha value is -4.43. The van der Waals surface area contributed by atoms with Crippen LogP contribution in [0.1, 0.15) is 17.2 Å². The Balaban J connectivity index is 1.53. The Morgan fingerprint density at radius 3 is 2.36 bits per heavy atom. The number of imide groups is 1. The first kappa shape index (κ1) is 22.1. The van der Waals surface area contributed by atoms with E-state index in [1.165, 1.54) is 6.07 Å². The van der Waals surface area contributed by atoms with Crippen molar-refractivity contribution >= 4 is 34.4 Å². The molecule has 2 aliphatic heterocycles. The second kappa shape index (κ2) is 8.07. The number of aliphatic carboxylic acids is 1. The van der Waals surface area contributed by atoms with E-state index in [4.69, 9.17) is 0 Å². The zero-order valence-corrected chi connectivity index (χ0v) is 19.1. The number of H-pyrrole nitrogens is 1. The largest absolute Gasteiger partial charge is 0.508 e. The zero-order chi connectivity index (χ0) is 25.0. The smallest absolute Gasteiger partial charge is 0.325 e. The summed E-state index contributed by atoms with van der Waals surface area (Å²) in [5, 5.41) is 25.3. The predicted octanol–water partition coefficient (Wildman–Crippen LogP) is 3.39. The normalized spacial score (nSPS) is 25.4. The number of anilines is 1. The van der Waals surface area contributed by atoms with Crippen LogP contribution in [0.15, 0.2) is 85.1 Å². The van der Waals surface area contributed by atoms with Crippen molar-refractivity contribution in [2.24, 2.45) is 11.8 Å². The first-order valence-corrected chi connectivity index (χ1v) is 11.7. The van der Waals surface area contributed by atoms with Gasteiger partial charge in [0, 0.05) is 35.1 Å². The van der Waals surface area contributed by atoms with Gasteiger partial charge in [-0.2, -0.15) is 0 Å². The van der Waals surface area contributed by atoms with Gasteiger partial charge in [-0.1, -0.05) is 54.6 Å². The van der Waals surface area contributed by atoms with Crippen molar-refractivity contribution in [3.63, 3.8) is 0 Å². The molecule has 0 saturated carbocycles. The van der Waals surface area contributed by atoms with E-state index in [9.17, 15) is 24.6 Å². The summed E-state index contributed by atoms with van der Waals surface area (Å²) in [5.41, 5.74) is 0.559. The number of amides is 2. The van der Waals surface area contributed by atoms with E-state index < -0.39 is 41.2 Å². The Labute approximate surface area is 206 Å². The molecule has 1 aromatic heterocycles. The lowest BCUT2D eigenvalue weighted by molar-refractivity contribution is -0.148. The van der Waals surface area contributed by atoms with E-state index in [0.29, 0.717) is 11.3 Å². The molecule has 4 atom stereocenters. The SMILES string of the molecule is O=C1[C@H]2[C@@H](C(=O)N1c1ccccc1)[C@](Cc1c[nH]c3ccccc13)(C(=O)O)N[C@H]2c1ccccc1O. The lowest BCUT2D eigenvalue weighted by atomic mass is 9.76. The first-order valence-electron chi connectivity index (χ1n) is 11.7. The number of rotatable bonds is 5. The molecule has 8 heteroatoms. The average Bonchev–Trinajstić information content (AvgIpc) is 3.52. The predicted molar refractivity (Wildman–Crippen MR) is 132 cm³/mol. The second-order valence-corrected chi connectivity index (χ2v) is 9.34. The Morgan fingerprint density at radius 1 is 0.917 bits per heavy atom. The minimum absolute atomic E-state index is 0.0285. The van der Waals surface area contributed by atoms with Crippen molar-refractivity contribution in [2.45, 2.75) is 18.0 Å². The van der Waals surface area contributed by atoms with E-state index in [0.717, 1.165) is 21.4 Å². The summed E-state index contributed by atoms with van der Waals surface area (Å²) < 4.78 is 0. The highest BCUT2D eigenvalue weighted by Crippen LogP contribution is 2.52. The number of aromatic hydroxyl groups is 1. The van der Waals surface area contributed by atoms with Crippen LogP contribution < -0.4 is 10.2 Å². The van der Waals surface area contributed by atoms with Crippen molar-refractivity contribution < 1.29 is 24.6 Å². The molecule has 4 aromatic rings. The molecule has 0 radical (unpaired) electrons. The van der Waals surface area contributed by atoms with E-state index >= 15 is 0 Å². The molecular weight excluding hydrogens is 458 g/mol. The summed E-state index contributed by atoms with van der Waals surface area (Å²) in [6.07, 6.45) is 1.72. The Bertz CT molecular complexity index is 1510. The molecule has 2 aliphatic rings. The van der Waals surface area contributed by atoms with Gasteiger partial charge in [0.25, 0.3) is 0 Å². The molecule has 0 bridgehead atoms. The lowest BCUT2D eigenvalue weighted by Gasteiger charge is -2.31. The molecule has 3 aromatic carbocycles. The highest BCUT2D eigenvalue weighted by atomic mass is 16.4. The first-order chi connectivity index (χ1) is 17.4. The number of benzene rings is 3. The van der Waals surface area contributed by atoms with E-state index in [-0.39, 0.29) is 12.2 Å². The molecule has 0 spiro atoms. The quantitative estimate of drug-likeness (QED) is 0.324. The molecule has 8 nitrogen and oxygen atoms in total. The van der Waals surface area contributed by atoms with Gasteiger partial charge in [-0.25, -0.2) is 4.90 Å². The van der Waals surface area contributed by atoms with Crippen LogP contribution in [0.5, 0.6) is 5.75 Å². The number of fused-ring (bicyclic) bond motifs is 2. The second-order valence-electron chi connectivity index (χ2n) is 9.34.